The number of thioether (sulfide) groups is 1. The van der Waals surface area contributed by atoms with Gasteiger partial charge >= 0.3 is 0 Å². The van der Waals surface area contributed by atoms with Crippen molar-refractivity contribution in [3.63, 3.8) is 0 Å². The predicted octanol–water partition coefficient (Wildman–Crippen LogP) is 4.24. The second kappa shape index (κ2) is 6.10. The molecule has 0 spiro atoms. The van der Waals surface area contributed by atoms with Gasteiger partial charge in [-0.25, -0.2) is 4.98 Å². The van der Waals surface area contributed by atoms with Gasteiger partial charge in [-0.3, -0.25) is 0 Å². The molecule has 1 aliphatic carbocycles. The molecule has 0 amide bonds. The first-order valence-electron chi connectivity index (χ1n) is 6.21. The number of nitrogens with one attached hydrogen (secondary N) is 1. The standard InChI is InChI=1S/C13H19BrN2S/c1-3-17-11-6-4-5-10(11)16-13-12(14)9(2)7-8-15-13/h7-8,10-11H,3-6H2,1-2H3,(H,15,16). The Hall–Kier alpha value is -0.220. The maximum absolute atomic E-state index is 4.43. The summed E-state index contributed by atoms with van der Waals surface area (Å²) in [4.78, 5) is 4.43. The van der Waals surface area contributed by atoms with Crippen molar-refractivity contribution in [2.45, 2.75) is 44.4 Å². The van der Waals surface area contributed by atoms with Crippen molar-refractivity contribution in [2.24, 2.45) is 0 Å². The van der Waals surface area contributed by atoms with Crippen molar-refractivity contribution < 1.29 is 0 Å². The number of rotatable bonds is 4. The molecule has 0 radical (unpaired) electrons. The third-order valence-electron chi connectivity index (χ3n) is 3.24. The van der Waals surface area contributed by atoms with Crippen LogP contribution in [0.3, 0.4) is 0 Å². The molecule has 1 aromatic heterocycles. The van der Waals surface area contributed by atoms with E-state index in [-0.39, 0.29) is 0 Å². The van der Waals surface area contributed by atoms with Gasteiger partial charge < -0.3 is 5.32 Å². The van der Waals surface area contributed by atoms with Crippen molar-refractivity contribution in [3.8, 4) is 0 Å². The lowest BCUT2D eigenvalue weighted by Gasteiger charge is -2.21. The van der Waals surface area contributed by atoms with Crippen molar-refractivity contribution >= 4 is 33.5 Å². The van der Waals surface area contributed by atoms with E-state index < -0.39 is 0 Å². The molecule has 1 N–H and O–H groups in total. The molecule has 1 aliphatic rings. The third-order valence-corrected chi connectivity index (χ3v) is 5.56. The number of nitrogens with zero attached hydrogens (tertiary/aromatic N) is 1. The molecule has 1 saturated carbocycles. The van der Waals surface area contributed by atoms with Gasteiger partial charge in [-0.1, -0.05) is 13.3 Å². The van der Waals surface area contributed by atoms with Gasteiger partial charge in [0.15, 0.2) is 0 Å². The average molecular weight is 315 g/mol. The number of anilines is 1. The smallest absolute Gasteiger partial charge is 0.140 e. The molecule has 0 aromatic carbocycles. The van der Waals surface area contributed by atoms with Crippen LogP contribution in [0, 0.1) is 6.92 Å². The summed E-state index contributed by atoms with van der Waals surface area (Å²) in [5.41, 5.74) is 1.24. The van der Waals surface area contributed by atoms with Gasteiger partial charge in [0.25, 0.3) is 0 Å². The van der Waals surface area contributed by atoms with Gasteiger partial charge in [0, 0.05) is 17.5 Å². The SMILES string of the molecule is CCSC1CCCC1Nc1nccc(C)c1Br. The topological polar surface area (TPSA) is 24.9 Å². The zero-order chi connectivity index (χ0) is 12.3. The van der Waals surface area contributed by atoms with E-state index in [1.54, 1.807) is 0 Å². The molecule has 2 unspecified atom stereocenters. The maximum atomic E-state index is 4.43. The van der Waals surface area contributed by atoms with Gasteiger partial charge in [-0.05, 0) is 53.1 Å². The zero-order valence-corrected chi connectivity index (χ0v) is 12.8. The molecule has 2 atom stereocenters. The first-order valence-corrected chi connectivity index (χ1v) is 8.05. The average Bonchev–Trinajstić information content (AvgIpc) is 2.73. The Bertz CT molecular complexity index is 384. The minimum absolute atomic E-state index is 0.575. The fourth-order valence-corrected chi connectivity index (χ4v) is 3.87. The van der Waals surface area contributed by atoms with E-state index in [1.165, 1.54) is 30.6 Å². The Morgan fingerprint density at radius 3 is 3.12 bits per heavy atom. The molecule has 0 bridgehead atoms. The highest BCUT2D eigenvalue weighted by molar-refractivity contribution is 9.10. The molecule has 1 aromatic rings. The second-order valence-electron chi connectivity index (χ2n) is 4.47. The highest BCUT2D eigenvalue weighted by atomic mass is 79.9. The van der Waals surface area contributed by atoms with Crippen molar-refractivity contribution in [2.75, 3.05) is 11.1 Å². The van der Waals surface area contributed by atoms with Crippen molar-refractivity contribution in [1.29, 1.82) is 0 Å². The first kappa shape index (κ1) is 13.2. The minimum atomic E-state index is 0.575. The van der Waals surface area contributed by atoms with Crippen LogP contribution in [0.1, 0.15) is 31.7 Å². The minimum Gasteiger partial charge on any atom is -0.365 e. The van der Waals surface area contributed by atoms with Crippen molar-refractivity contribution in [3.05, 3.63) is 22.3 Å². The fourth-order valence-electron chi connectivity index (χ4n) is 2.32. The van der Waals surface area contributed by atoms with E-state index in [1.807, 2.05) is 12.3 Å². The Kier molecular flexibility index (Phi) is 4.74. The molecule has 2 nitrogen and oxygen atoms in total. The van der Waals surface area contributed by atoms with E-state index in [4.69, 9.17) is 0 Å². The molecule has 17 heavy (non-hydrogen) atoms. The molecule has 0 aliphatic heterocycles. The van der Waals surface area contributed by atoms with Crippen LogP contribution in [0.2, 0.25) is 0 Å². The van der Waals surface area contributed by atoms with Gasteiger partial charge in [0.2, 0.25) is 0 Å². The molecule has 4 heteroatoms. The van der Waals surface area contributed by atoms with Crippen LogP contribution in [0.4, 0.5) is 5.82 Å². The highest BCUT2D eigenvalue weighted by Gasteiger charge is 2.27. The summed E-state index contributed by atoms with van der Waals surface area (Å²) in [7, 11) is 0. The van der Waals surface area contributed by atoms with Crippen LogP contribution in [-0.4, -0.2) is 22.0 Å². The molecule has 2 rings (SSSR count). The van der Waals surface area contributed by atoms with E-state index in [0.29, 0.717) is 6.04 Å². The van der Waals surface area contributed by atoms with E-state index in [9.17, 15) is 0 Å². The maximum Gasteiger partial charge on any atom is 0.140 e. The quantitative estimate of drug-likeness (QED) is 0.899. The first-order chi connectivity index (χ1) is 8.22. The molecule has 1 fully saturated rings. The fraction of sp³-hybridized carbons (Fsp3) is 0.615. The summed E-state index contributed by atoms with van der Waals surface area (Å²) >= 11 is 5.69. The number of halogens is 1. The van der Waals surface area contributed by atoms with Crippen molar-refractivity contribution in [1.82, 2.24) is 4.98 Å². The third kappa shape index (κ3) is 3.16. The molecule has 0 saturated heterocycles. The Morgan fingerprint density at radius 1 is 1.53 bits per heavy atom. The van der Waals surface area contributed by atoms with Crippen LogP contribution in [0.15, 0.2) is 16.7 Å². The lowest BCUT2D eigenvalue weighted by Crippen LogP contribution is -2.26. The zero-order valence-electron chi connectivity index (χ0n) is 10.4. The molecule has 94 valence electrons. The monoisotopic (exact) mass is 314 g/mol. The summed E-state index contributed by atoms with van der Waals surface area (Å²) in [6.07, 6.45) is 5.80. The predicted molar refractivity (Wildman–Crippen MR) is 79.9 cm³/mol. The van der Waals surface area contributed by atoms with Gasteiger partial charge in [-0.15, -0.1) is 0 Å². The summed E-state index contributed by atoms with van der Waals surface area (Å²) in [5, 5.41) is 4.35. The number of aromatic nitrogens is 1. The number of hydrogen-bond donors (Lipinski definition) is 1. The summed E-state index contributed by atoms with van der Waals surface area (Å²) in [6, 6.07) is 2.60. The van der Waals surface area contributed by atoms with Crippen LogP contribution < -0.4 is 5.32 Å². The van der Waals surface area contributed by atoms with E-state index in [2.05, 4.69) is 51.8 Å². The number of aryl methyl sites for hydroxylation is 1. The Labute approximate surface area is 116 Å². The summed E-state index contributed by atoms with van der Waals surface area (Å²) in [6.45, 7) is 4.34. The summed E-state index contributed by atoms with van der Waals surface area (Å²) < 4.78 is 1.10. The van der Waals surface area contributed by atoms with Crippen LogP contribution in [0.5, 0.6) is 0 Å². The van der Waals surface area contributed by atoms with Crippen LogP contribution >= 0.6 is 27.7 Å². The van der Waals surface area contributed by atoms with E-state index >= 15 is 0 Å². The van der Waals surface area contributed by atoms with Gasteiger partial charge in [0.1, 0.15) is 5.82 Å². The highest BCUT2D eigenvalue weighted by Crippen LogP contribution is 2.33. The lowest BCUT2D eigenvalue weighted by molar-refractivity contribution is 0.761. The molecular weight excluding hydrogens is 296 g/mol. The normalized spacial score (nSPS) is 23.9. The number of hydrogen-bond acceptors (Lipinski definition) is 3. The number of pyridine rings is 1. The second-order valence-corrected chi connectivity index (χ2v) is 6.78. The van der Waals surface area contributed by atoms with E-state index in [0.717, 1.165) is 15.5 Å². The van der Waals surface area contributed by atoms with Gasteiger partial charge in [0.05, 0.1) is 4.47 Å². The molecular formula is C13H19BrN2S. The molecule has 1 heterocycles. The lowest BCUT2D eigenvalue weighted by atomic mass is 10.2. The largest absolute Gasteiger partial charge is 0.365 e. The Balaban J connectivity index is 2.07. The van der Waals surface area contributed by atoms with Crippen LogP contribution in [0.25, 0.3) is 0 Å². The summed E-state index contributed by atoms with van der Waals surface area (Å²) in [5.74, 6) is 2.20. The van der Waals surface area contributed by atoms with Crippen LogP contribution in [-0.2, 0) is 0 Å². The van der Waals surface area contributed by atoms with Gasteiger partial charge in [-0.2, -0.15) is 11.8 Å². The Morgan fingerprint density at radius 2 is 2.35 bits per heavy atom.